The van der Waals surface area contributed by atoms with Crippen molar-refractivity contribution in [3.8, 4) is 17.3 Å². The van der Waals surface area contributed by atoms with Crippen LogP contribution in [-0.2, 0) is 11.3 Å². The van der Waals surface area contributed by atoms with Gasteiger partial charge in [0.2, 0.25) is 5.91 Å². The van der Waals surface area contributed by atoms with Crippen LogP contribution in [0.4, 0.5) is 5.69 Å². The Morgan fingerprint density at radius 2 is 1.96 bits per heavy atom. The number of nitrogens with one attached hydrogen (secondary N) is 1. The van der Waals surface area contributed by atoms with Crippen molar-refractivity contribution in [3.05, 3.63) is 75.8 Å². The average Bonchev–Trinajstić information content (AvgIpc) is 2.70. The van der Waals surface area contributed by atoms with Gasteiger partial charge in [-0.15, -0.1) is 0 Å². The lowest BCUT2D eigenvalue weighted by molar-refractivity contribution is -0.116. The zero-order chi connectivity index (χ0) is 19.9. The normalized spacial score (nSPS) is 10.3. The number of amides is 1. The van der Waals surface area contributed by atoms with E-state index in [1.165, 1.54) is 16.8 Å². The van der Waals surface area contributed by atoms with Crippen LogP contribution in [0.1, 0.15) is 18.4 Å². The average molecular weight is 394 g/mol. The molecule has 0 saturated heterocycles. The maximum Gasteiger partial charge on any atom is 0.266 e. The van der Waals surface area contributed by atoms with Crippen molar-refractivity contribution in [1.29, 1.82) is 5.26 Å². The summed E-state index contributed by atoms with van der Waals surface area (Å²) in [7, 11) is 0. The zero-order valence-electron chi connectivity index (χ0n) is 14.8. The van der Waals surface area contributed by atoms with Gasteiger partial charge in [-0.25, -0.2) is 4.68 Å². The third kappa shape index (κ3) is 4.81. The van der Waals surface area contributed by atoms with E-state index in [1.807, 2.05) is 18.2 Å². The molecule has 1 N–H and O–H groups in total. The lowest BCUT2D eigenvalue weighted by Gasteiger charge is -2.09. The largest absolute Gasteiger partial charge is 0.325 e. The number of aryl methyl sites for hydroxylation is 1. The molecule has 0 aliphatic rings. The predicted molar refractivity (Wildman–Crippen MR) is 106 cm³/mol. The minimum Gasteiger partial charge on any atom is -0.325 e. The number of hydrogen-bond donors (Lipinski definition) is 1. The molecule has 2 aromatic heterocycles. The van der Waals surface area contributed by atoms with Crippen LogP contribution in [0.2, 0.25) is 5.02 Å². The molecule has 0 bridgehead atoms. The SMILES string of the molecule is N#Cc1ccc(Cl)cc1NC(=O)CCCn1nc(-c2ccncc2)ccc1=O. The maximum atomic E-state index is 12.2. The van der Waals surface area contributed by atoms with Crippen LogP contribution in [0.15, 0.2) is 59.7 Å². The fourth-order valence-electron chi connectivity index (χ4n) is 2.61. The molecule has 3 aromatic rings. The maximum absolute atomic E-state index is 12.2. The molecule has 8 heteroatoms. The molecule has 1 amide bonds. The van der Waals surface area contributed by atoms with Crippen molar-refractivity contribution in [2.75, 3.05) is 5.32 Å². The number of pyridine rings is 1. The van der Waals surface area contributed by atoms with Crippen molar-refractivity contribution >= 4 is 23.2 Å². The van der Waals surface area contributed by atoms with Crippen LogP contribution in [0, 0.1) is 11.3 Å². The van der Waals surface area contributed by atoms with Crippen LogP contribution in [0.3, 0.4) is 0 Å². The molecule has 7 nitrogen and oxygen atoms in total. The molecule has 0 aliphatic heterocycles. The zero-order valence-corrected chi connectivity index (χ0v) is 15.6. The highest BCUT2D eigenvalue weighted by Crippen LogP contribution is 2.20. The molecule has 0 atom stereocenters. The highest BCUT2D eigenvalue weighted by molar-refractivity contribution is 6.31. The van der Waals surface area contributed by atoms with Gasteiger partial charge < -0.3 is 5.32 Å². The van der Waals surface area contributed by atoms with Crippen LogP contribution in [0.25, 0.3) is 11.3 Å². The number of aromatic nitrogens is 3. The Bertz CT molecular complexity index is 1090. The summed E-state index contributed by atoms with van der Waals surface area (Å²) in [5.74, 6) is -0.267. The quantitative estimate of drug-likeness (QED) is 0.692. The molecular weight excluding hydrogens is 378 g/mol. The number of carbonyl (C=O) groups is 1. The number of rotatable bonds is 6. The molecule has 0 radical (unpaired) electrons. The summed E-state index contributed by atoms with van der Waals surface area (Å²) in [4.78, 5) is 28.2. The van der Waals surface area contributed by atoms with Crippen molar-refractivity contribution in [2.45, 2.75) is 19.4 Å². The van der Waals surface area contributed by atoms with Crippen molar-refractivity contribution in [2.24, 2.45) is 0 Å². The first-order valence-electron chi connectivity index (χ1n) is 8.55. The Morgan fingerprint density at radius 1 is 1.18 bits per heavy atom. The third-order valence-electron chi connectivity index (χ3n) is 3.99. The van der Waals surface area contributed by atoms with Gasteiger partial charge in [-0.3, -0.25) is 14.6 Å². The van der Waals surface area contributed by atoms with E-state index >= 15 is 0 Å². The Kier molecular flexibility index (Phi) is 6.14. The number of carbonyl (C=O) groups excluding carboxylic acids is 1. The number of anilines is 1. The summed E-state index contributed by atoms with van der Waals surface area (Å²) in [5.41, 5.74) is 1.98. The second kappa shape index (κ2) is 8.93. The van der Waals surface area contributed by atoms with Gasteiger partial charge in [0.05, 0.1) is 16.9 Å². The van der Waals surface area contributed by atoms with E-state index in [0.717, 1.165) is 5.56 Å². The van der Waals surface area contributed by atoms with E-state index in [-0.39, 0.29) is 17.9 Å². The first kappa shape index (κ1) is 19.3. The number of nitrogens with zero attached hydrogens (tertiary/aromatic N) is 4. The molecule has 28 heavy (non-hydrogen) atoms. The lowest BCUT2D eigenvalue weighted by atomic mass is 10.2. The number of halogens is 1. The minimum atomic E-state index is -0.267. The summed E-state index contributed by atoms with van der Waals surface area (Å²) in [5, 5.41) is 16.6. The first-order chi connectivity index (χ1) is 13.6. The van der Waals surface area contributed by atoms with Gasteiger partial charge in [0.1, 0.15) is 6.07 Å². The first-order valence-corrected chi connectivity index (χ1v) is 8.92. The van der Waals surface area contributed by atoms with Gasteiger partial charge in [-0.1, -0.05) is 11.6 Å². The van der Waals surface area contributed by atoms with Crippen LogP contribution in [0.5, 0.6) is 0 Å². The van der Waals surface area contributed by atoms with E-state index in [4.69, 9.17) is 16.9 Å². The molecule has 3 rings (SSSR count). The third-order valence-corrected chi connectivity index (χ3v) is 4.23. The lowest BCUT2D eigenvalue weighted by Crippen LogP contribution is -2.23. The van der Waals surface area contributed by atoms with Gasteiger partial charge in [0.25, 0.3) is 5.56 Å². The molecule has 2 heterocycles. The monoisotopic (exact) mass is 393 g/mol. The molecule has 0 unspecified atom stereocenters. The van der Waals surface area contributed by atoms with Gasteiger partial charge in [-0.05, 0) is 42.8 Å². The Balaban J connectivity index is 1.62. The number of benzene rings is 1. The summed E-state index contributed by atoms with van der Waals surface area (Å²) < 4.78 is 1.34. The van der Waals surface area contributed by atoms with Crippen LogP contribution >= 0.6 is 11.6 Å². The minimum absolute atomic E-state index is 0.172. The van der Waals surface area contributed by atoms with E-state index in [1.54, 1.807) is 30.6 Å². The Hall–Kier alpha value is -3.50. The predicted octanol–water partition coefficient (Wildman–Crippen LogP) is 3.25. The smallest absolute Gasteiger partial charge is 0.266 e. The second-order valence-electron chi connectivity index (χ2n) is 5.97. The Morgan fingerprint density at radius 3 is 2.71 bits per heavy atom. The number of nitriles is 1. The molecule has 0 spiro atoms. The summed E-state index contributed by atoms with van der Waals surface area (Å²) >= 11 is 5.91. The molecule has 140 valence electrons. The van der Waals surface area contributed by atoms with Gasteiger partial charge >= 0.3 is 0 Å². The summed E-state index contributed by atoms with van der Waals surface area (Å²) in [6.07, 6.45) is 3.90. The second-order valence-corrected chi connectivity index (χ2v) is 6.41. The summed E-state index contributed by atoms with van der Waals surface area (Å²) in [6, 6.07) is 13.4. The molecule has 1 aromatic carbocycles. The van der Waals surface area contributed by atoms with Crippen molar-refractivity contribution in [3.63, 3.8) is 0 Å². The van der Waals surface area contributed by atoms with Crippen LogP contribution < -0.4 is 10.9 Å². The molecule has 0 saturated carbocycles. The van der Waals surface area contributed by atoms with E-state index < -0.39 is 0 Å². The van der Waals surface area contributed by atoms with E-state index in [0.29, 0.717) is 34.9 Å². The summed E-state index contributed by atoms with van der Waals surface area (Å²) in [6.45, 7) is 0.297. The van der Waals surface area contributed by atoms with E-state index in [2.05, 4.69) is 15.4 Å². The molecule has 0 fully saturated rings. The topological polar surface area (TPSA) is 101 Å². The molecule has 0 aliphatic carbocycles. The highest BCUT2D eigenvalue weighted by atomic mass is 35.5. The standard InChI is InChI=1S/C20H16ClN5O2/c21-16-4-3-15(13-22)18(12-16)24-19(27)2-1-11-26-20(28)6-5-17(25-26)14-7-9-23-10-8-14/h3-10,12H,1-2,11H2,(H,24,27). The fraction of sp³-hybridized carbons (Fsp3) is 0.150. The fourth-order valence-corrected chi connectivity index (χ4v) is 2.78. The van der Waals surface area contributed by atoms with Gasteiger partial charge in [-0.2, -0.15) is 10.4 Å². The highest BCUT2D eigenvalue weighted by Gasteiger charge is 2.09. The van der Waals surface area contributed by atoms with Crippen molar-refractivity contribution in [1.82, 2.24) is 14.8 Å². The Labute approximate surface area is 166 Å². The van der Waals surface area contributed by atoms with Crippen molar-refractivity contribution < 1.29 is 4.79 Å². The van der Waals surface area contributed by atoms with Gasteiger partial charge in [0.15, 0.2) is 0 Å². The van der Waals surface area contributed by atoms with Gasteiger partial charge in [0, 0.05) is 42.0 Å². The number of hydrogen-bond acceptors (Lipinski definition) is 5. The van der Waals surface area contributed by atoms with E-state index in [9.17, 15) is 9.59 Å². The van der Waals surface area contributed by atoms with Crippen LogP contribution in [-0.4, -0.2) is 20.7 Å². The molecular formula is C20H16ClN5O2.